The summed E-state index contributed by atoms with van der Waals surface area (Å²) >= 11 is 1.45. The van der Waals surface area contributed by atoms with E-state index in [2.05, 4.69) is 10.2 Å². The van der Waals surface area contributed by atoms with Crippen molar-refractivity contribution in [3.8, 4) is 5.69 Å². The normalized spacial score (nSPS) is 10.9. The molecule has 118 valence electrons. The molecule has 0 radical (unpaired) electrons. The van der Waals surface area contributed by atoms with E-state index in [1.54, 1.807) is 19.2 Å². The van der Waals surface area contributed by atoms with Crippen LogP contribution in [0.4, 0.5) is 4.39 Å². The Kier molecular flexibility index (Phi) is 5.05. The first-order valence-corrected chi connectivity index (χ1v) is 8.13. The fraction of sp³-hybridized carbons (Fsp3) is 0.176. The summed E-state index contributed by atoms with van der Waals surface area (Å²) in [5, 5.41) is 9.13. The minimum atomic E-state index is -0.206. The Morgan fingerprint density at radius 1 is 1.04 bits per heavy atom. The predicted molar refractivity (Wildman–Crippen MR) is 88.0 cm³/mol. The van der Waals surface area contributed by atoms with Crippen LogP contribution in [0.1, 0.15) is 11.4 Å². The van der Waals surface area contributed by atoms with E-state index in [0.29, 0.717) is 23.1 Å². The van der Waals surface area contributed by atoms with Gasteiger partial charge in [0.25, 0.3) is 0 Å². The lowest BCUT2D eigenvalue weighted by atomic mass is 10.2. The topological polar surface area (TPSA) is 39.9 Å². The molecule has 0 aliphatic rings. The second-order valence-electron chi connectivity index (χ2n) is 4.88. The molecule has 3 rings (SSSR count). The molecule has 0 spiro atoms. The maximum Gasteiger partial charge on any atom is 0.196 e. The summed E-state index contributed by atoms with van der Waals surface area (Å²) in [7, 11) is 1.62. The Hall–Kier alpha value is -2.18. The third-order valence-electron chi connectivity index (χ3n) is 3.30. The maximum atomic E-state index is 13.8. The van der Waals surface area contributed by atoms with Crippen LogP contribution in [0.25, 0.3) is 5.69 Å². The van der Waals surface area contributed by atoms with Crippen molar-refractivity contribution in [2.75, 3.05) is 7.11 Å². The van der Waals surface area contributed by atoms with Crippen molar-refractivity contribution in [3.63, 3.8) is 0 Å². The SMILES string of the molecule is COCc1nnc(SCc2ccccc2F)n1-c1ccccc1. The summed E-state index contributed by atoms with van der Waals surface area (Å²) in [4.78, 5) is 0. The first kappa shape index (κ1) is 15.7. The smallest absolute Gasteiger partial charge is 0.196 e. The van der Waals surface area contributed by atoms with Gasteiger partial charge in [-0.15, -0.1) is 10.2 Å². The van der Waals surface area contributed by atoms with Crippen molar-refractivity contribution in [3.05, 3.63) is 71.8 Å². The minimum Gasteiger partial charge on any atom is -0.377 e. The van der Waals surface area contributed by atoms with E-state index in [1.807, 2.05) is 41.0 Å². The third kappa shape index (κ3) is 3.60. The molecule has 0 fully saturated rings. The summed E-state index contributed by atoms with van der Waals surface area (Å²) in [6.07, 6.45) is 0. The van der Waals surface area contributed by atoms with Gasteiger partial charge in [0, 0.05) is 18.6 Å². The second-order valence-corrected chi connectivity index (χ2v) is 5.83. The van der Waals surface area contributed by atoms with E-state index in [4.69, 9.17) is 4.74 Å². The molecule has 0 aliphatic heterocycles. The lowest BCUT2D eigenvalue weighted by Crippen LogP contribution is -2.03. The lowest BCUT2D eigenvalue weighted by Gasteiger charge is -2.10. The molecule has 0 saturated heterocycles. The van der Waals surface area contributed by atoms with Gasteiger partial charge in [-0.25, -0.2) is 4.39 Å². The summed E-state index contributed by atoms with van der Waals surface area (Å²) in [6, 6.07) is 16.6. The number of ether oxygens (including phenoxy) is 1. The molecule has 23 heavy (non-hydrogen) atoms. The number of benzene rings is 2. The number of methoxy groups -OCH3 is 1. The molecule has 1 aromatic heterocycles. The summed E-state index contributed by atoms with van der Waals surface area (Å²) in [5.41, 5.74) is 1.61. The molecule has 1 heterocycles. The van der Waals surface area contributed by atoms with Gasteiger partial charge in [0.15, 0.2) is 11.0 Å². The van der Waals surface area contributed by atoms with Crippen molar-refractivity contribution in [2.45, 2.75) is 17.5 Å². The molecule has 3 aromatic rings. The van der Waals surface area contributed by atoms with Gasteiger partial charge in [-0.2, -0.15) is 0 Å². The highest BCUT2D eigenvalue weighted by Gasteiger charge is 2.14. The van der Waals surface area contributed by atoms with Crippen LogP contribution in [0, 0.1) is 5.82 Å². The highest BCUT2D eigenvalue weighted by Crippen LogP contribution is 2.26. The van der Waals surface area contributed by atoms with Gasteiger partial charge in [0.1, 0.15) is 12.4 Å². The number of nitrogens with zero attached hydrogens (tertiary/aromatic N) is 3. The molecule has 0 N–H and O–H groups in total. The van der Waals surface area contributed by atoms with Crippen molar-refractivity contribution in [2.24, 2.45) is 0 Å². The van der Waals surface area contributed by atoms with Gasteiger partial charge in [0.05, 0.1) is 0 Å². The molecular weight excluding hydrogens is 313 g/mol. The van der Waals surface area contributed by atoms with Crippen LogP contribution in [0.3, 0.4) is 0 Å². The first-order chi connectivity index (χ1) is 11.3. The molecule has 6 heteroatoms. The molecule has 4 nitrogen and oxygen atoms in total. The highest BCUT2D eigenvalue weighted by molar-refractivity contribution is 7.98. The number of halogens is 1. The molecule has 2 aromatic carbocycles. The Morgan fingerprint density at radius 3 is 2.52 bits per heavy atom. The fourth-order valence-corrected chi connectivity index (χ4v) is 3.17. The summed E-state index contributed by atoms with van der Waals surface area (Å²) in [6.45, 7) is 0.363. The van der Waals surface area contributed by atoms with E-state index in [0.717, 1.165) is 11.5 Å². The number of thioether (sulfide) groups is 1. The Labute approximate surface area is 138 Å². The van der Waals surface area contributed by atoms with Gasteiger partial charge >= 0.3 is 0 Å². The number of hydrogen-bond acceptors (Lipinski definition) is 4. The van der Waals surface area contributed by atoms with Gasteiger partial charge in [0.2, 0.25) is 0 Å². The predicted octanol–water partition coefficient (Wildman–Crippen LogP) is 3.85. The number of para-hydroxylation sites is 1. The van der Waals surface area contributed by atoms with Gasteiger partial charge in [-0.3, -0.25) is 4.57 Å². The first-order valence-electron chi connectivity index (χ1n) is 7.14. The zero-order chi connectivity index (χ0) is 16.1. The molecular formula is C17H16FN3OS. The van der Waals surface area contributed by atoms with E-state index in [-0.39, 0.29) is 5.82 Å². The van der Waals surface area contributed by atoms with Crippen molar-refractivity contribution < 1.29 is 9.13 Å². The van der Waals surface area contributed by atoms with Crippen LogP contribution in [-0.2, 0) is 17.1 Å². The van der Waals surface area contributed by atoms with Crippen LogP contribution in [0.5, 0.6) is 0 Å². The molecule has 0 atom stereocenters. The Morgan fingerprint density at radius 2 is 1.78 bits per heavy atom. The van der Waals surface area contributed by atoms with Gasteiger partial charge < -0.3 is 4.74 Å². The molecule has 0 bridgehead atoms. The van der Waals surface area contributed by atoms with Crippen LogP contribution in [0.2, 0.25) is 0 Å². The highest BCUT2D eigenvalue weighted by atomic mass is 32.2. The van der Waals surface area contributed by atoms with Crippen LogP contribution >= 0.6 is 11.8 Å². The molecule has 0 saturated carbocycles. The summed E-state index contributed by atoms with van der Waals surface area (Å²) < 4.78 is 20.9. The van der Waals surface area contributed by atoms with Crippen molar-refractivity contribution in [1.29, 1.82) is 0 Å². The van der Waals surface area contributed by atoms with E-state index >= 15 is 0 Å². The minimum absolute atomic E-state index is 0.206. The van der Waals surface area contributed by atoms with Crippen LogP contribution in [0.15, 0.2) is 59.8 Å². The zero-order valence-corrected chi connectivity index (χ0v) is 13.5. The monoisotopic (exact) mass is 329 g/mol. The quantitative estimate of drug-likeness (QED) is 0.644. The fourth-order valence-electron chi connectivity index (χ4n) is 2.21. The number of aromatic nitrogens is 3. The van der Waals surface area contributed by atoms with Crippen LogP contribution in [-0.4, -0.2) is 21.9 Å². The van der Waals surface area contributed by atoms with Crippen molar-refractivity contribution >= 4 is 11.8 Å². The second kappa shape index (κ2) is 7.39. The van der Waals surface area contributed by atoms with Gasteiger partial charge in [-0.1, -0.05) is 48.2 Å². The third-order valence-corrected chi connectivity index (χ3v) is 4.28. The lowest BCUT2D eigenvalue weighted by molar-refractivity contribution is 0.176. The van der Waals surface area contributed by atoms with E-state index < -0.39 is 0 Å². The molecule has 0 unspecified atom stereocenters. The number of rotatable bonds is 6. The summed E-state index contributed by atoms with van der Waals surface area (Å²) in [5.74, 6) is 1.00. The average molecular weight is 329 g/mol. The van der Waals surface area contributed by atoms with E-state index in [9.17, 15) is 4.39 Å². The molecule has 0 aliphatic carbocycles. The largest absolute Gasteiger partial charge is 0.377 e. The standard InChI is InChI=1S/C17H16FN3OS/c1-22-11-16-19-20-17(21(16)14-8-3-2-4-9-14)23-12-13-7-5-6-10-15(13)18/h2-10H,11-12H2,1H3. The Balaban J connectivity index is 1.89. The number of hydrogen-bond donors (Lipinski definition) is 0. The maximum absolute atomic E-state index is 13.8. The van der Waals surface area contributed by atoms with Crippen LogP contribution < -0.4 is 0 Å². The van der Waals surface area contributed by atoms with E-state index in [1.165, 1.54) is 17.8 Å². The van der Waals surface area contributed by atoms with Crippen molar-refractivity contribution in [1.82, 2.24) is 14.8 Å². The molecule has 0 amide bonds. The average Bonchev–Trinajstić information content (AvgIpc) is 2.98. The Bertz CT molecular complexity index is 777. The van der Waals surface area contributed by atoms with Gasteiger partial charge in [-0.05, 0) is 23.8 Å². The zero-order valence-electron chi connectivity index (χ0n) is 12.6.